The van der Waals surface area contributed by atoms with Gasteiger partial charge in [0.25, 0.3) is 5.69 Å². The zero-order valence-electron chi connectivity index (χ0n) is 19.3. The number of hydrazone groups is 1. The van der Waals surface area contributed by atoms with Gasteiger partial charge in [0.1, 0.15) is 6.04 Å². The molecule has 3 heterocycles. The van der Waals surface area contributed by atoms with Crippen molar-refractivity contribution in [2.24, 2.45) is 22.4 Å². The minimum Gasteiger partial charge on any atom is -0.297 e. The van der Waals surface area contributed by atoms with Crippen molar-refractivity contribution in [1.29, 1.82) is 0 Å². The highest BCUT2D eigenvalue weighted by Crippen LogP contribution is 2.53. The highest BCUT2D eigenvalue weighted by Gasteiger charge is 2.66. The van der Waals surface area contributed by atoms with E-state index in [0.717, 1.165) is 16.0 Å². The lowest BCUT2D eigenvalue weighted by Crippen LogP contribution is -2.48. The van der Waals surface area contributed by atoms with E-state index in [1.807, 2.05) is 24.3 Å². The van der Waals surface area contributed by atoms with Crippen LogP contribution in [0.3, 0.4) is 0 Å². The molecule has 0 aromatic heterocycles. The molecule has 9 nitrogen and oxygen atoms in total. The van der Waals surface area contributed by atoms with Crippen LogP contribution in [0.4, 0.5) is 11.4 Å². The van der Waals surface area contributed by atoms with E-state index in [1.54, 1.807) is 38.9 Å². The third kappa shape index (κ3) is 2.99. The lowest BCUT2D eigenvalue weighted by atomic mass is 9.79. The Morgan fingerprint density at radius 1 is 1.06 bits per heavy atom. The van der Waals surface area contributed by atoms with Crippen molar-refractivity contribution in [3.05, 3.63) is 69.3 Å². The fourth-order valence-electron chi connectivity index (χ4n) is 5.35. The SMILES string of the molecule is Cc1cc([N+](=O)[O-])ccc1N1C(=O)[C@@H]2[C@H](C1=O)[C@H]1c3ccccc3C=NN1[C@H]2C(=O)C(C)(C)C. The van der Waals surface area contributed by atoms with Crippen molar-refractivity contribution in [2.45, 2.75) is 39.8 Å². The summed E-state index contributed by atoms with van der Waals surface area (Å²) in [5.74, 6) is -2.75. The lowest BCUT2D eigenvalue weighted by molar-refractivity contribution is -0.384. The van der Waals surface area contributed by atoms with Crippen molar-refractivity contribution in [2.75, 3.05) is 4.90 Å². The molecule has 0 aliphatic carbocycles. The topological polar surface area (TPSA) is 113 Å². The van der Waals surface area contributed by atoms with Gasteiger partial charge < -0.3 is 0 Å². The summed E-state index contributed by atoms with van der Waals surface area (Å²) in [6.07, 6.45) is 1.67. The molecule has 0 saturated carbocycles. The number of nitro groups is 1. The number of ketones is 1. The number of Topliss-reactive ketones (excluding diaryl/α,β-unsaturated/α-hetero) is 1. The zero-order valence-corrected chi connectivity index (χ0v) is 19.3. The average molecular weight is 460 g/mol. The molecule has 4 atom stereocenters. The number of non-ortho nitro benzene ring substituents is 1. The largest absolute Gasteiger partial charge is 0.297 e. The lowest BCUT2D eigenvalue weighted by Gasteiger charge is -2.35. The molecule has 9 heteroatoms. The number of fused-ring (bicyclic) bond motifs is 5. The number of hydrogen-bond donors (Lipinski definition) is 0. The molecule has 34 heavy (non-hydrogen) atoms. The van der Waals surface area contributed by atoms with Crippen molar-refractivity contribution in [3.8, 4) is 0 Å². The molecular weight excluding hydrogens is 436 g/mol. The smallest absolute Gasteiger partial charge is 0.269 e. The molecule has 2 saturated heterocycles. The maximum Gasteiger partial charge on any atom is 0.269 e. The average Bonchev–Trinajstić information content (AvgIpc) is 3.25. The Hall–Kier alpha value is -3.88. The van der Waals surface area contributed by atoms with Gasteiger partial charge in [-0.15, -0.1) is 0 Å². The Kier molecular flexibility index (Phi) is 4.72. The van der Waals surface area contributed by atoms with Gasteiger partial charge in [-0.3, -0.25) is 29.5 Å². The van der Waals surface area contributed by atoms with Gasteiger partial charge in [0.05, 0.1) is 34.7 Å². The normalized spacial score (nSPS) is 25.3. The van der Waals surface area contributed by atoms with Crippen LogP contribution in [0.2, 0.25) is 0 Å². The first-order chi connectivity index (χ1) is 16.0. The van der Waals surface area contributed by atoms with E-state index in [4.69, 9.17) is 0 Å². The molecule has 0 spiro atoms. The first-order valence-corrected chi connectivity index (χ1v) is 11.1. The van der Waals surface area contributed by atoms with Crippen LogP contribution in [0, 0.1) is 34.3 Å². The number of hydrogen-bond acceptors (Lipinski definition) is 7. The van der Waals surface area contributed by atoms with Crippen LogP contribution in [0.1, 0.15) is 43.5 Å². The summed E-state index contributed by atoms with van der Waals surface area (Å²) in [5.41, 5.74) is 1.56. The monoisotopic (exact) mass is 460 g/mol. The molecule has 0 radical (unpaired) electrons. The Morgan fingerprint density at radius 3 is 2.38 bits per heavy atom. The van der Waals surface area contributed by atoms with Gasteiger partial charge in [0.2, 0.25) is 11.8 Å². The summed E-state index contributed by atoms with van der Waals surface area (Å²) >= 11 is 0. The molecule has 3 aliphatic rings. The summed E-state index contributed by atoms with van der Waals surface area (Å²) in [6, 6.07) is 10.1. The van der Waals surface area contributed by atoms with Gasteiger partial charge in [-0.05, 0) is 29.7 Å². The van der Waals surface area contributed by atoms with E-state index in [2.05, 4.69) is 5.10 Å². The van der Waals surface area contributed by atoms with Gasteiger partial charge in [-0.1, -0.05) is 45.0 Å². The molecule has 2 fully saturated rings. The highest BCUT2D eigenvalue weighted by atomic mass is 16.6. The molecule has 0 N–H and O–H groups in total. The summed E-state index contributed by atoms with van der Waals surface area (Å²) in [5, 5.41) is 17.3. The van der Waals surface area contributed by atoms with E-state index < -0.39 is 46.1 Å². The number of anilines is 1. The maximum absolute atomic E-state index is 13.8. The number of amides is 2. The van der Waals surface area contributed by atoms with E-state index in [0.29, 0.717) is 11.3 Å². The van der Waals surface area contributed by atoms with E-state index in [9.17, 15) is 24.5 Å². The fraction of sp³-hybridized carbons (Fsp3) is 0.360. The number of benzene rings is 2. The van der Waals surface area contributed by atoms with Crippen LogP contribution in [-0.4, -0.2) is 39.8 Å². The molecule has 5 rings (SSSR count). The van der Waals surface area contributed by atoms with Crippen LogP contribution in [0.25, 0.3) is 0 Å². The number of carbonyl (C=O) groups excluding carboxylic acids is 3. The number of carbonyl (C=O) groups is 3. The van der Waals surface area contributed by atoms with Gasteiger partial charge in [-0.2, -0.15) is 5.10 Å². The number of aryl methyl sites for hydroxylation is 1. The number of imide groups is 1. The second-order valence-corrected chi connectivity index (χ2v) is 10.0. The van der Waals surface area contributed by atoms with Gasteiger partial charge in [0, 0.05) is 17.5 Å². The minimum absolute atomic E-state index is 0.122. The van der Waals surface area contributed by atoms with Crippen molar-refractivity contribution < 1.29 is 19.3 Å². The second kappa shape index (κ2) is 7.31. The molecule has 2 aromatic rings. The predicted octanol–water partition coefficient (Wildman–Crippen LogP) is 3.40. The third-order valence-electron chi connectivity index (χ3n) is 6.93. The van der Waals surface area contributed by atoms with E-state index >= 15 is 0 Å². The molecule has 2 amide bonds. The van der Waals surface area contributed by atoms with Gasteiger partial charge >= 0.3 is 0 Å². The summed E-state index contributed by atoms with van der Waals surface area (Å²) in [4.78, 5) is 53.0. The number of rotatable bonds is 3. The molecular formula is C25H24N4O5. The highest BCUT2D eigenvalue weighted by molar-refractivity contribution is 6.24. The van der Waals surface area contributed by atoms with Crippen LogP contribution in [-0.2, 0) is 14.4 Å². The third-order valence-corrected chi connectivity index (χ3v) is 6.93. The maximum atomic E-state index is 13.8. The van der Waals surface area contributed by atoms with Crippen LogP contribution in [0.15, 0.2) is 47.6 Å². The Balaban J connectivity index is 1.65. The molecule has 174 valence electrons. The van der Waals surface area contributed by atoms with Crippen LogP contribution < -0.4 is 4.90 Å². The second-order valence-electron chi connectivity index (χ2n) is 10.0. The fourth-order valence-corrected chi connectivity index (χ4v) is 5.35. The Morgan fingerprint density at radius 2 is 1.74 bits per heavy atom. The Labute approximate surface area is 196 Å². The van der Waals surface area contributed by atoms with Crippen LogP contribution >= 0.6 is 0 Å². The van der Waals surface area contributed by atoms with E-state index in [-0.39, 0.29) is 11.5 Å². The van der Waals surface area contributed by atoms with Crippen molar-refractivity contribution >= 4 is 35.2 Å². The first-order valence-electron chi connectivity index (χ1n) is 11.1. The quantitative estimate of drug-likeness (QED) is 0.394. The standard InChI is InChI=1S/C25H24N4O5/c1-13-11-15(29(33)34)9-10-17(13)27-23(31)18-19(24(27)32)21(22(30)25(2,3)4)28-20(18)16-8-6-5-7-14(16)12-26-28/h5-12,18-21H,1-4H3/t18-,19+,20+,21+/m0/s1. The van der Waals surface area contributed by atoms with Gasteiger partial charge in [-0.25, -0.2) is 4.90 Å². The first kappa shape index (κ1) is 21.9. The number of nitro benzene ring substituents is 1. The van der Waals surface area contributed by atoms with Crippen molar-refractivity contribution in [3.63, 3.8) is 0 Å². The summed E-state index contributed by atoms with van der Waals surface area (Å²) < 4.78 is 0. The Bertz CT molecular complexity index is 1290. The molecule has 0 bridgehead atoms. The summed E-state index contributed by atoms with van der Waals surface area (Å²) in [7, 11) is 0. The van der Waals surface area contributed by atoms with Crippen LogP contribution in [0.5, 0.6) is 0 Å². The number of nitrogens with zero attached hydrogens (tertiary/aromatic N) is 4. The molecule has 0 unspecified atom stereocenters. The van der Waals surface area contributed by atoms with E-state index in [1.165, 1.54) is 18.2 Å². The molecule has 2 aromatic carbocycles. The van der Waals surface area contributed by atoms with Gasteiger partial charge in [0.15, 0.2) is 5.78 Å². The molecule has 3 aliphatic heterocycles. The zero-order chi connectivity index (χ0) is 24.5. The van der Waals surface area contributed by atoms with Crippen molar-refractivity contribution in [1.82, 2.24) is 5.01 Å². The minimum atomic E-state index is -0.901. The predicted molar refractivity (Wildman–Crippen MR) is 124 cm³/mol. The summed E-state index contributed by atoms with van der Waals surface area (Å²) in [6.45, 7) is 7.00.